The number of azo groups is 2. The Morgan fingerprint density at radius 3 is 1.33 bits per heavy atom. The maximum absolute atomic E-state index is 11.6. The van der Waals surface area contributed by atoms with Crippen molar-refractivity contribution in [3.05, 3.63) is 63.9 Å². The molecule has 0 spiro atoms. The highest BCUT2D eigenvalue weighted by Gasteiger charge is 2.12. The molecule has 0 aliphatic heterocycles. The Morgan fingerprint density at radius 1 is 0.633 bits per heavy atom. The summed E-state index contributed by atoms with van der Waals surface area (Å²) in [4.78, 5) is 52.9. The molecule has 1 aromatic carbocycles. The average Bonchev–Trinajstić information content (AvgIpc) is 2.63. The summed E-state index contributed by atoms with van der Waals surface area (Å²) in [5.41, 5.74) is -5.04. The summed E-state index contributed by atoms with van der Waals surface area (Å²) in [6, 6.07) is 2.38. The minimum absolute atomic E-state index is 0.0321. The highest BCUT2D eigenvalue weighted by atomic mass is 35.5. The molecule has 3 aromatic rings. The molecule has 0 saturated heterocycles. The molecule has 2 heterocycles. The minimum atomic E-state index is -0.987. The molecule has 6 N–H and O–H groups in total. The number of hydrogen-bond donors (Lipinski definition) is 6. The van der Waals surface area contributed by atoms with Gasteiger partial charge in [-0.1, -0.05) is 23.2 Å². The van der Waals surface area contributed by atoms with Crippen molar-refractivity contribution in [3.8, 4) is 11.8 Å². The van der Waals surface area contributed by atoms with E-state index in [2.05, 4.69) is 20.5 Å². The summed E-state index contributed by atoms with van der Waals surface area (Å²) in [6.45, 7) is 0. The summed E-state index contributed by atoms with van der Waals surface area (Å²) in [6.07, 6.45) is 0. The third-order valence-corrected chi connectivity index (χ3v) is 3.93. The van der Waals surface area contributed by atoms with Crippen LogP contribution in [0.1, 0.15) is 0 Å². The molecule has 16 heteroatoms. The van der Waals surface area contributed by atoms with Crippen LogP contribution in [-0.2, 0) is 0 Å². The van der Waals surface area contributed by atoms with Crippen LogP contribution in [0.3, 0.4) is 0 Å². The van der Waals surface area contributed by atoms with Gasteiger partial charge < -0.3 is 10.2 Å². The van der Waals surface area contributed by atoms with E-state index in [4.69, 9.17) is 23.2 Å². The van der Waals surface area contributed by atoms with Crippen LogP contribution in [-0.4, -0.2) is 30.1 Å². The van der Waals surface area contributed by atoms with Gasteiger partial charge in [0, 0.05) is 0 Å². The molecule has 3 rings (SSSR count). The van der Waals surface area contributed by atoms with E-state index in [-0.39, 0.29) is 21.4 Å². The van der Waals surface area contributed by atoms with Crippen molar-refractivity contribution in [1.29, 1.82) is 0 Å². The Labute approximate surface area is 172 Å². The van der Waals surface area contributed by atoms with E-state index < -0.39 is 45.6 Å². The second-order valence-corrected chi connectivity index (χ2v) is 6.18. The molecule has 0 aliphatic rings. The van der Waals surface area contributed by atoms with Crippen molar-refractivity contribution in [2.24, 2.45) is 20.5 Å². The Morgan fingerprint density at radius 2 is 1.00 bits per heavy atom. The fraction of sp³-hybridized carbons (Fsp3) is 0. The number of rotatable bonds is 4. The number of aromatic amines is 4. The molecule has 0 fully saturated rings. The number of benzene rings is 1. The van der Waals surface area contributed by atoms with E-state index in [9.17, 15) is 29.4 Å². The van der Waals surface area contributed by atoms with E-state index in [1.165, 1.54) is 12.1 Å². The first-order valence-corrected chi connectivity index (χ1v) is 8.35. The van der Waals surface area contributed by atoms with Gasteiger partial charge in [0.15, 0.2) is 0 Å². The summed E-state index contributed by atoms with van der Waals surface area (Å²) in [5.74, 6) is -1.60. The van der Waals surface area contributed by atoms with Crippen LogP contribution in [0.5, 0.6) is 11.8 Å². The van der Waals surface area contributed by atoms with E-state index in [1.54, 1.807) is 0 Å². The first kappa shape index (κ1) is 20.7. The topological polar surface area (TPSA) is 221 Å². The van der Waals surface area contributed by atoms with E-state index in [0.717, 1.165) is 0 Å². The highest BCUT2D eigenvalue weighted by Crippen LogP contribution is 2.37. The van der Waals surface area contributed by atoms with Gasteiger partial charge in [0.05, 0.1) is 10.0 Å². The first-order valence-electron chi connectivity index (χ1n) is 7.59. The Bertz CT molecular complexity index is 1320. The van der Waals surface area contributed by atoms with Crippen LogP contribution in [0.2, 0.25) is 10.0 Å². The van der Waals surface area contributed by atoms with Gasteiger partial charge in [-0.3, -0.25) is 29.5 Å². The smallest absolute Gasteiger partial charge is 0.328 e. The Hall–Kier alpha value is -4.04. The zero-order valence-corrected chi connectivity index (χ0v) is 15.7. The van der Waals surface area contributed by atoms with Crippen molar-refractivity contribution in [2.45, 2.75) is 0 Å². The zero-order chi connectivity index (χ0) is 22.0. The van der Waals surface area contributed by atoms with Gasteiger partial charge >= 0.3 is 11.4 Å². The van der Waals surface area contributed by atoms with E-state index >= 15 is 0 Å². The summed E-state index contributed by atoms with van der Waals surface area (Å²) < 4.78 is 0. The number of aromatic nitrogens is 4. The third kappa shape index (κ3) is 4.34. The Kier molecular flexibility index (Phi) is 5.61. The largest absolute Gasteiger partial charge is 0.493 e. The number of nitrogens with zero attached hydrogens (tertiary/aromatic N) is 4. The fourth-order valence-electron chi connectivity index (χ4n) is 2.01. The van der Waals surface area contributed by atoms with Crippen LogP contribution in [0, 0.1) is 0 Å². The SMILES string of the molecule is O=c1[nH]c(O)c(N=Nc2cc(Cl)c(N=Nc3c(O)[nH]c(=O)[nH]c3=O)cc2Cl)c(=O)[nH]1. The van der Waals surface area contributed by atoms with E-state index in [1.807, 2.05) is 19.9 Å². The lowest BCUT2D eigenvalue weighted by Gasteiger charge is -2.02. The number of nitrogens with one attached hydrogen (secondary N) is 4. The van der Waals surface area contributed by atoms with E-state index in [0.29, 0.717) is 0 Å². The van der Waals surface area contributed by atoms with Crippen molar-refractivity contribution >= 4 is 46.0 Å². The van der Waals surface area contributed by atoms with Crippen molar-refractivity contribution in [2.75, 3.05) is 0 Å². The van der Waals surface area contributed by atoms with Crippen molar-refractivity contribution < 1.29 is 10.2 Å². The molecule has 0 aliphatic carbocycles. The highest BCUT2D eigenvalue weighted by molar-refractivity contribution is 6.36. The molecule has 0 radical (unpaired) electrons. The van der Waals surface area contributed by atoms with Gasteiger partial charge in [-0.15, -0.1) is 20.5 Å². The van der Waals surface area contributed by atoms with Gasteiger partial charge in [0.1, 0.15) is 11.4 Å². The molecule has 14 nitrogen and oxygen atoms in total. The Balaban J connectivity index is 1.95. The molecule has 2 aromatic heterocycles. The maximum atomic E-state index is 11.6. The van der Waals surface area contributed by atoms with Crippen LogP contribution < -0.4 is 22.5 Å². The van der Waals surface area contributed by atoms with Gasteiger partial charge in [0.25, 0.3) is 11.1 Å². The molecule has 0 amide bonds. The third-order valence-electron chi connectivity index (χ3n) is 3.33. The molecular formula is C14H8Cl2N8O6. The summed E-state index contributed by atoms with van der Waals surface area (Å²) in [7, 11) is 0. The molecule has 30 heavy (non-hydrogen) atoms. The van der Waals surface area contributed by atoms with Gasteiger partial charge in [0.2, 0.25) is 23.1 Å². The van der Waals surface area contributed by atoms with Crippen molar-refractivity contribution in [3.63, 3.8) is 0 Å². The van der Waals surface area contributed by atoms with Crippen molar-refractivity contribution in [1.82, 2.24) is 19.9 Å². The maximum Gasteiger partial charge on any atom is 0.328 e. The lowest BCUT2D eigenvalue weighted by Crippen LogP contribution is -2.20. The van der Waals surface area contributed by atoms with Crippen LogP contribution >= 0.6 is 23.2 Å². The normalized spacial score (nSPS) is 11.5. The lowest BCUT2D eigenvalue weighted by atomic mass is 10.3. The average molecular weight is 455 g/mol. The molecule has 0 atom stereocenters. The molecule has 0 unspecified atom stereocenters. The molecular weight excluding hydrogens is 447 g/mol. The van der Waals surface area contributed by atoms with Crippen LogP contribution in [0.4, 0.5) is 22.7 Å². The summed E-state index contributed by atoms with van der Waals surface area (Å²) in [5, 5.41) is 33.4. The van der Waals surface area contributed by atoms with Gasteiger partial charge in [-0.2, -0.15) is 0 Å². The second-order valence-electron chi connectivity index (χ2n) is 5.37. The lowest BCUT2D eigenvalue weighted by molar-refractivity contribution is 0.449. The summed E-state index contributed by atoms with van der Waals surface area (Å²) >= 11 is 12.1. The predicted octanol–water partition coefficient (Wildman–Crippen LogP) is 1.99. The fourth-order valence-corrected chi connectivity index (χ4v) is 2.40. The van der Waals surface area contributed by atoms with Gasteiger partial charge in [-0.25, -0.2) is 9.59 Å². The van der Waals surface area contributed by atoms with Crippen LogP contribution in [0.25, 0.3) is 0 Å². The molecule has 154 valence electrons. The second kappa shape index (κ2) is 8.14. The number of hydrogen-bond acceptors (Lipinski definition) is 10. The predicted molar refractivity (Wildman–Crippen MR) is 104 cm³/mol. The first-order chi connectivity index (χ1) is 14.2. The minimum Gasteiger partial charge on any atom is -0.493 e. The number of aromatic hydroxyl groups is 2. The molecule has 0 saturated carbocycles. The monoisotopic (exact) mass is 454 g/mol. The molecule has 0 bridgehead atoms. The van der Waals surface area contributed by atoms with Gasteiger partial charge in [-0.05, 0) is 12.1 Å². The number of halogens is 2. The quantitative estimate of drug-likeness (QED) is 0.323. The number of H-pyrrole nitrogens is 4. The standard InChI is InChI=1S/C14H8Cl2N8O6/c15-3-1-5(21-23-7-9(25)17-13(29)18-10(7)26)4(16)2-6(3)22-24-8-11(27)19-14(30)20-12(8)28/h1-2H,(H3,17,18,25,26,29)(H3,19,20,27,28,30). The zero-order valence-electron chi connectivity index (χ0n) is 14.2. The van der Waals surface area contributed by atoms with Crippen LogP contribution in [0.15, 0.2) is 51.8 Å².